The maximum atomic E-state index is 12.2. The molecule has 2 N–H and O–H groups in total. The molecule has 2 aromatic carbocycles. The molecule has 134 valence electrons. The summed E-state index contributed by atoms with van der Waals surface area (Å²) in [6.45, 7) is 4.01. The number of benzene rings is 2. The molecule has 7 heteroatoms. The van der Waals surface area contributed by atoms with Gasteiger partial charge in [-0.05, 0) is 49.7 Å². The van der Waals surface area contributed by atoms with Gasteiger partial charge in [-0.2, -0.15) is 0 Å². The molecule has 3 aromatic rings. The quantitative estimate of drug-likeness (QED) is 0.723. The van der Waals surface area contributed by atoms with Crippen molar-refractivity contribution in [3.8, 4) is 17.1 Å². The third kappa shape index (κ3) is 3.76. The average molecular weight is 371 g/mol. The highest BCUT2D eigenvalue weighted by atomic mass is 35.5. The second-order valence-electron chi connectivity index (χ2n) is 5.95. The maximum Gasteiger partial charge on any atom is 0.291 e. The lowest BCUT2D eigenvalue weighted by Crippen LogP contribution is -2.27. The predicted molar refractivity (Wildman–Crippen MR) is 101 cm³/mol. The van der Waals surface area contributed by atoms with Crippen LogP contribution in [0.25, 0.3) is 17.1 Å². The Kier molecular flexibility index (Phi) is 5.35. The molecule has 6 nitrogen and oxygen atoms in total. The lowest BCUT2D eigenvalue weighted by molar-refractivity contribution is 0.0934. The molecule has 0 radical (unpaired) electrons. The zero-order chi connectivity index (χ0) is 18.7. The van der Waals surface area contributed by atoms with Crippen LogP contribution in [0, 0.1) is 13.8 Å². The molecular formula is C19H19ClN4O2. The van der Waals surface area contributed by atoms with Crippen molar-refractivity contribution in [2.75, 3.05) is 13.2 Å². The van der Waals surface area contributed by atoms with E-state index in [9.17, 15) is 4.79 Å². The van der Waals surface area contributed by atoms with Crippen LogP contribution >= 0.6 is 11.6 Å². The van der Waals surface area contributed by atoms with E-state index in [1.54, 1.807) is 16.8 Å². The van der Waals surface area contributed by atoms with Gasteiger partial charge in [0.25, 0.3) is 5.91 Å². The van der Waals surface area contributed by atoms with E-state index < -0.39 is 5.91 Å². The second-order valence-corrected chi connectivity index (χ2v) is 6.38. The van der Waals surface area contributed by atoms with Crippen molar-refractivity contribution in [3.63, 3.8) is 0 Å². The molecule has 0 atom stereocenters. The summed E-state index contributed by atoms with van der Waals surface area (Å²) in [4.78, 5) is 16.7. The van der Waals surface area contributed by atoms with Crippen molar-refractivity contribution >= 4 is 17.5 Å². The molecule has 0 bridgehead atoms. The Labute approximate surface area is 156 Å². The number of nitrogens with one attached hydrogen (secondary N) is 1. The Balaban J connectivity index is 2.12. The van der Waals surface area contributed by atoms with Crippen LogP contribution in [0.15, 0.2) is 42.5 Å². The molecule has 0 spiro atoms. The van der Waals surface area contributed by atoms with Crippen LogP contribution < -0.4 is 5.32 Å². The van der Waals surface area contributed by atoms with Crippen molar-refractivity contribution in [3.05, 3.63) is 64.4 Å². The number of amides is 1. The van der Waals surface area contributed by atoms with Crippen LogP contribution in [-0.2, 0) is 0 Å². The van der Waals surface area contributed by atoms with E-state index in [1.165, 1.54) is 0 Å². The van der Waals surface area contributed by atoms with E-state index in [4.69, 9.17) is 16.7 Å². The van der Waals surface area contributed by atoms with Gasteiger partial charge in [-0.25, -0.2) is 9.67 Å². The van der Waals surface area contributed by atoms with Crippen molar-refractivity contribution in [1.82, 2.24) is 20.1 Å². The van der Waals surface area contributed by atoms with Crippen LogP contribution in [0.5, 0.6) is 0 Å². The highest BCUT2D eigenvalue weighted by Gasteiger charge is 2.19. The number of hydrogen-bond acceptors (Lipinski definition) is 4. The van der Waals surface area contributed by atoms with Crippen LogP contribution in [0.1, 0.15) is 21.7 Å². The maximum absolute atomic E-state index is 12.2. The number of aryl methyl sites for hydroxylation is 2. The number of rotatable bonds is 5. The third-order valence-electron chi connectivity index (χ3n) is 3.89. The first-order valence-corrected chi connectivity index (χ1v) is 8.57. The lowest BCUT2D eigenvalue weighted by atomic mass is 10.1. The number of hydrogen-bond donors (Lipinski definition) is 2. The monoisotopic (exact) mass is 370 g/mol. The number of carbonyl (C=O) groups excluding carboxylic acids is 1. The summed E-state index contributed by atoms with van der Waals surface area (Å²) >= 11 is 5.98. The zero-order valence-electron chi connectivity index (χ0n) is 14.5. The van der Waals surface area contributed by atoms with E-state index in [-0.39, 0.29) is 19.0 Å². The third-order valence-corrected chi connectivity index (χ3v) is 4.14. The number of aliphatic hydroxyl groups excluding tert-OH is 1. The minimum absolute atomic E-state index is 0.0448. The Morgan fingerprint density at radius 3 is 2.58 bits per heavy atom. The SMILES string of the molecule is Cc1ccc(-n2nc(C(=O)NCCO)nc2-c2ccc(Cl)cc2)c(C)c1. The fraction of sp³-hybridized carbons (Fsp3) is 0.211. The van der Waals surface area contributed by atoms with Gasteiger partial charge >= 0.3 is 0 Å². The molecule has 0 aliphatic carbocycles. The summed E-state index contributed by atoms with van der Waals surface area (Å²) in [5.41, 5.74) is 3.80. The van der Waals surface area contributed by atoms with Gasteiger partial charge in [0, 0.05) is 17.1 Å². The minimum atomic E-state index is -0.433. The van der Waals surface area contributed by atoms with Gasteiger partial charge in [-0.1, -0.05) is 29.3 Å². The largest absolute Gasteiger partial charge is 0.395 e. The summed E-state index contributed by atoms with van der Waals surface area (Å²) in [6, 6.07) is 13.2. The Hall–Kier alpha value is -2.70. The van der Waals surface area contributed by atoms with Gasteiger partial charge in [0.05, 0.1) is 12.3 Å². The van der Waals surface area contributed by atoms with Crippen LogP contribution in [-0.4, -0.2) is 38.9 Å². The molecule has 1 heterocycles. The van der Waals surface area contributed by atoms with Crippen molar-refractivity contribution in [1.29, 1.82) is 0 Å². The Bertz CT molecular complexity index is 935. The van der Waals surface area contributed by atoms with E-state index in [2.05, 4.69) is 15.4 Å². The first-order valence-electron chi connectivity index (χ1n) is 8.19. The van der Waals surface area contributed by atoms with Gasteiger partial charge in [-0.3, -0.25) is 4.79 Å². The number of aromatic nitrogens is 3. The summed E-state index contributed by atoms with van der Waals surface area (Å²) < 4.78 is 1.66. The topological polar surface area (TPSA) is 80.0 Å². The molecular weight excluding hydrogens is 352 g/mol. The number of nitrogens with zero attached hydrogens (tertiary/aromatic N) is 3. The van der Waals surface area contributed by atoms with Crippen LogP contribution in [0.3, 0.4) is 0 Å². The first-order chi connectivity index (χ1) is 12.5. The lowest BCUT2D eigenvalue weighted by Gasteiger charge is -2.10. The van der Waals surface area contributed by atoms with Crippen molar-refractivity contribution in [2.45, 2.75) is 13.8 Å². The summed E-state index contributed by atoms with van der Waals surface area (Å²) in [6.07, 6.45) is 0. The smallest absolute Gasteiger partial charge is 0.291 e. The minimum Gasteiger partial charge on any atom is -0.395 e. The number of carbonyl (C=O) groups is 1. The standard InChI is InChI=1S/C19H19ClN4O2/c1-12-3-8-16(13(2)11-12)24-18(14-4-6-15(20)7-5-14)22-17(23-24)19(26)21-9-10-25/h3-8,11,25H,9-10H2,1-2H3,(H,21,26). The highest BCUT2D eigenvalue weighted by molar-refractivity contribution is 6.30. The van der Waals surface area contributed by atoms with E-state index in [0.29, 0.717) is 10.8 Å². The molecule has 26 heavy (non-hydrogen) atoms. The van der Waals surface area contributed by atoms with Crippen LogP contribution in [0.4, 0.5) is 0 Å². The van der Waals surface area contributed by atoms with Gasteiger partial charge in [0.1, 0.15) is 0 Å². The van der Waals surface area contributed by atoms with Crippen LogP contribution in [0.2, 0.25) is 5.02 Å². The van der Waals surface area contributed by atoms with Gasteiger partial charge in [0.15, 0.2) is 5.82 Å². The molecule has 0 saturated carbocycles. The Morgan fingerprint density at radius 1 is 1.19 bits per heavy atom. The zero-order valence-corrected chi connectivity index (χ0v) is 15.3. The van der Waals surface area contributed by atoms with Crippen molar-refractivity contribution in [2.24, 2.45) is 0 Å². The van der Waals surface area contributed by atoms with Crippen molar-refractivity contribution < 1.29 is 9.90 Å². The molecule has 0 fully saturated rings. The predicted octanol–water partition coefficient (Wildman–Crippen LogP) is 2.93. The van der Waals surface area contributed by atoms with Gasteiger partial charge in [-0.15, -0.1) is 5.10 Å². The average Bonchev–Trinajstić information content (AvgIpc) is 3.05. The second kappa shape index (κ2) is 7.68. The number of halogens is 1. The normalized spacial score (nSPS) is 10.8. The molecule has 3 rings (SSSR count). The molecule has 0 saturated heterocycles. The van der Waals surface area contributed by atoms with Gasteiger partial charge < -0.3 is 10.4 Å². The Morgan fingerprint density at radius 2 is 1.92 bits per heavy atom. The first kappa shape index (κ1) is 18.1. The summed E-state index contributed by atoms with van der Waals surface area (Å²) in [5, 5.41) is 16.5. The fourth-order valence-electron chi connectivity index (χ4n) is 2.65. The molecule has 0 aliphatic heterocycles. The molecule has 0 aliphatic rings. The fourth-order valence-corrected chi connectivity index (χ4v) is 2.78. The van der Waals surface area contributed by atoms with E-state index in [1.807, 2.05) is 44.2 Å². The summed E-state index contributed by atoms with van der Waals surface area (Å²) in [5.74, 6) is 0.156. The molecule has 0 unspecified atom stereocenters. The molecule has 1 aromatic heterocycles. The highest BCUT2D eigenvalue weighted by Crippen LogP contribution is 2.25. The van der Waals surface area contributed by atoms with E-state index in [0.717, 1.165) is 22.4 Å². The molecule has 1 amide bonds. The van der Waals surface area contributed by atoms with E-state index >= 15 is 0 Å². The summed E-state index contributed by atoms with van der Waals surface area (Å²) in [7, 11) is 0. The van der Waals surface area contributed by atoms with Gasteiger partial charge in [0.2, 0.25) is 5.82 Å². The number of aliphatic hydroxyl groups is 1.